The number of methoxy groups -OCH3 is 1. The first kappa shape index (κ1) is 15.4. The molecule has 1 saturated heterocycles. The lowest BCUT2D eigenvalue weighted by Crippen LogP contribution is -2.39. The topological polar surface area (TPSA) is 76.6 Å². The maximum atomic E-state index is 12.6. The molecule has 0 aliphatic carbocycles. The zero-order valence-corrected chi connectivity index (χ0v) is 13.2. The molecule has 112 valence electrons. The summed E-state index contributed by atoms with van der Waals surface area (Å²) in [5.74, 6) is -0.332. The van der Waals surface area contributed by atoms with Gasteiger partial charge >= 0.3 is 5.97 Å². The number of piperidine rings is 1. The van der Waals surface area contributed by atoms with Gasteiger partial charge < -0.3 is 4.74 Å². The van der Waals surface area contributed by atoms with Gasteiger partial charge in [-0.1, -0.05) is 13.3 Å². The molecule has 20 heavy (non-hydrogen) atoms. The molecule has 1 unspecified atom stereocenters. The molecule has 1 aromatic rings. The molecule has 1 fully saturated rings. The molecule has 1 aliphatic heterocycles. The van der Waals surface area contributed by atoms with Crippen molar-refractivity contribution in [3.8, 4) is 0 Å². The minimum atomic E-state index is -3.66. The third-order valence-electron chi connectivity index (χ3n) is 3.55. The predicted octanol–water partition coefficient (Wildman–Crippen LogP) is 1.74. The smallest absolute Gasteiger partial charge is 0.358 e. The highest BCUT2D eigenvalue weighted by atomic mass is 32.2. The molecule has 1 aliphatic rings. The summed E-state index contributed by atoms with van der Waals surface area (Å²) in [6, 6.07) is 0. The lowest BCUT2D eigenvalue weighted by atomic mass is 9.97. The van der Waals surface area contributed by atoms with Crippen LogP contribution in [0.15, 0.2) is 9.72 Å². The summed E-state index contributed by atoms with van der Waals surface area (Å²) in [6.45, 7) is 3.07. The van der Waals surface area contributed by atoms with E-state index in [0.717, 1.165) is 30.6 Å². The molecule has 1 aromatic heterocycles. The SMILES string of the molecule is CCC1CCCN(S(=O)(=O)c2scnc2C(=O)OC)C1. The van der Waals surface area contributed by atoms with E-state index in [1.54, 1.807) is 0 Å². The van der Waals surface area contributed by atoms with Crippen molar-refractivity contribution in [2.45, 2.75) is 30.4 Å². The van der Waals surface area contributed by atoms with Gasteiger partial charge in [0.25, 0.3) is 10.0 Å². The van der Waals surface area contributed by atoms with Gasteiger partial charge in [0.1, 0.15) is 0 Å². The summed E-state index contributed by atoms with van der Waals surface area (Å²) < 4.78 is 31.3. The minimum Gasteiger partial charge on any atom is -0.464 e. The zero-order chi connectivity index (χ0) is 14.8. The molecule has 0 radical (unpaired) electrons. The molecule has 2 rings (SSSR count). The van der Waals surface area contributed by atoms with Crippen LogP contribution in [0.1, 0.15) is 36.7 Å². The van der Waals surface area contributed by atoms with Crippen LogP contribution in [0.3, 0.4) is 0 Å². The van der Waals surface area contributed by atoms with Crippen LogP contribution in [-0.2, 0) is 14.8 Å². The van der Waals surface area contributed by atoms with Gasteiger partial charge in [0.2, 0.25) is 0 Å². The summed E-state index contributed by atoms with van der Waals surface area (Å²) in [4.78, 5) is 15.4. The number of hydrogen-bond donors (Lipinski definition) is 0. The second kappa shape index (κ2) is 6.19. The Balaban J connectivity index is 2.31. The van der Waals surface area contributed by atoms with Crippen LogP contribution in [0.25, 0.3) is 0 Å². The van der Waals surface area contributed by atoms with Crippen LogP contribution < -0.4 is 0 Å². The van der Waals surface area contributed by atoms with E-state index < -0.39 is 16.0 Å². The Hall–Kier alpha value is -0.990. The number of thiazole rings is 1. The number of carbonyl (C=O) groups is 1. The molecular formula is C12H18N2O4S2. The number of aromatic nitrogens is 1. The van der Waals surface area contributed by atoms with Gasteiger partial charge in [-0.2, -0.15) is 4.31 Å². The monoisotopic (exact) mass is 318 g/mol. The van der Waals surface area contributed by atoms with Crippen LogP contribution >= 0.6 is 11.3 Å². The Morgan fingerprint density at radius 3 is 3.00 bits per heavy atom. The normalized spacial score (nSPS) is 20.8. The fourth-order valence-corrected chi connectivity index (χ4v) is 5.17. The third-order valence-corrected chi connectivity index (χ3v) is 6.76. The Morgan fingerprint density at radius 2 is 2.35 bits per heavy atom. The van der Waals surface area contributed by atoms with Crippen molar-refractivity contribution in [2.75, 3.05) is 20.2 Å². The number of sulfonamides is 1. The molecule has 8 heteroatoms. The Bertz CT molecular complexity index is 582. The van der Waals surface area contributed by atoms with Crippen LogP contribution in [0.2, 0.25) is 0 Å². The third kappa shape index (κ3) is 2.87. The van der Waals surface area contributed by atoms with Gasteiger partial charge in [0.15, 0.2) is 9.90 Å². The molecular weight excluding hydrogens is 300 g/mol. The highest BCUT2D eigenvalue weighted by molar-refractivity contribution is 7.91. The molecule has 0 amide bonds. The maximum absolute atomic E-state index is 12.6. The molecule has 0 spiro atoms. The van der Waals surface area contributed by atoms with E-state index in [0.29, 0.717) is 19.0 Å². The van der Waals surface area contributed by atoms with Gasteiger partial charge in [-0.25, -0.2) is 18.2 Å². The fourth-order valence-electron chi connectivity index (χ4n) is 2.35. The highest BCUT2D eigenvalue weighted by Crippen LogP contribution is 2.29. The van der Waals surface area contributed by atoms with Crippen molar-refractivity contribution < 1.29 is 17.9 Å². The van der Waals surface area contributed by atoms with Crippen molar-refractivity contribution in [2.24, 2.45) is 5.92 Å². The second-order valence-corrected chi connectivity index (χ2v) is 7.75. The van der Waals surface area contributed by atoms with Gasteiger partial charge in [0, 0.05) is 13.1 Å². The number of hydrogen-bond acceptors (Lipinski definition) is 6. The van der Waals surface area contributed by atoms with Crippen molar-refractivity contribution in [3.63, 3.8) is 0 Å². The molecule has 0 N–H and O–H groups in total. The lowest BCUT2D eigenvalue weighted by Gasteiger charge is -2.30. The first-order valence-electron chi connectivity index (χ1n) is 6.52. The van der Waals surface area contributed by atoms with Crippen LogP contribution in [-0.4, -0.2) is 43.9 Å². The van der Waals surface area contributed by atoms with Crippen molar-refractivity contribution in [1.82, 2.24) is 9.29 Å². The summed E-state index contributed by atoms with van der Waals surface area (Å²) in [5, 5.41) is 0. The first-order chi connectivity index (χ1) is 9.50. The highest BCUT2D eigenvalue weighted by Gasteiger charge is 2.34. The predicted molar refractivity (Wildman–Crippen MR) is 75.2 cm³/mol. The minimum absolute atomic E-state index is 0.0129. The largest absolute Gasteiger partial charge is 0.464 e. The number of esters is 1. The molecule has 0 bridgehead atoms. The van der Waals surface area contributed by atoms with E-state index >= 15 is 0 Å². The van der Waals surface area contributed by atoms with E-state index in [-0.39, 0.29) is 9.90 Å². The van der Waals surface area contributed by atoms with Gasteiger partial charge in [-0.15, -0.1) is 11.3 Å². The molecule has 2 heterocycles. The second-order valence-electron chi connectivity index (χ2n) is 4.76. The molecule has 0 aromatic carbocycles. The molecule has 6 nitrogen and oxygen atoms in total. The van der Waals surface area contributed by atoms with E-state index in [9.17, 15) is 13.2 Å². The average Bonchev–Trinajstić information content (AvgIpc) is 2.96. The summed E-state index contributed by atoms with van der Waals surface area (Å²) >= 11 is 0.961. The van der Waals surface area contributed by atoms with E-state index in [4.69, 9.17) is 0 Å². The molecule has 1 atom stereocenters. The van der Waals surface area contributed by atoms with Gasteiger partial charge in [-0.3, -0.25) is 0 Å². The number of carbonyl (C=O) groups excluding carboxylic acids is 1. The van der Waals surface area contributed by atoms with Crippen LogP contribution in [0.4, 0.5) is 0 Å². The molecule has 0 saturated carbocycles. The van der Waals surface area contributed by atoms with Crippen molar-refractivity contribution in [1.29, 1.82) is 0 Å². The van der Waals surface area contributed by atoms with E-state index in [2.05, 4.69) is 16.6 Å². The van der Waals surface area contributed by atoms with E-state index in [1.807, 2.05) is 0 Å². The van der Waals surface area contributed by atoms with Gasteiger partial charge in [0.05, 0.1) is 12.6 Å². The first-order valence-corrected chi connectivity index (χ1v) is 8.84. The standard InChI is InChI=1S/C12H18N2O4S2/c1-3-9-5-4-6-14(7-9)20(16,17)12-10(11(15)18-2)13-8-19-12/h8-9H,3-7H2,1-2H3. The van der Waals surface area contributed by atoms with Crippen molar-refractivity contribution >= 4 is 27.3 Å². The number of rotatable bonds is 4. The average molecular weight is 318 g/mol. The quantitative estimate of drug-likeness (QED) is 0.790. The zero-order valence-electron chi connectivity index (χ0n) is 11.5. The van der Waals surface area contributed by atoms with E-state index in [1.165, 1.54) is 16.9 Å². The summed E-state index contributed by atoms with van der Waals surface area (Å²) in [6.07, 6.45) is 2.86. The van der Waals surface area contributed by atoms with Gasteiger partial charge in [-0.05, 0) is 18.8 Å². The Morgan fingerprint density at radius 1 is 1.60 bits per heavy atom. The van der Waals surface area contributed by atoms with Crippen LogP contribution in [0.5, 0.6) is 0 Å². The Labute approximate surface area is 122 Å². The van der Waals surface area contributed by atoms with Crippen molar-refractivity contribution in [3.05, 3.63) is 11.2 Å². The summed E-state index contributed by atoms with van der Waals surface area (Å²) in [5.41, 5.74) is 1.25. The lowest BCUT2D eigenvalue weighted by molar-refractivity contribution is 0.0590. The fraction of sp³-hybridized carbons (Fsp3) is 0.667. The number of nitrogens with zero attached hydrogens (tertiary/aromatic N) is 2. The number of ether oxygens (including phenoxy) is 1. The Kier molecular flexibility index (Phi) is 4.77. The van der Waals surface area contributed by atoms with Crippen LogP contribution in [0, 0.1) is 5.92 Å². The maximum Gasteiger partial charge on any atom is 0.358 e. The summed E-state index contributed by atoms with van der Waals surface area (Å²) in [7, 11) is -2.44.